The summed E-state index contributed by atoms with van der Waals surface area (Å²) in [6.45, 7) is 0.369. The predicted octanol–water partition coefficient (Wildman–Crippen LogP) is 4.99. The maximum absolute atomic E-state index is 14.3. The highest BCUT2D eigenvalue weighted by atomic mass is 35.5. The molecule has 3 heterocycles. The average molecular weight is 481 g/mol. The van der Waals surface area contributed by atoms with Gasteiger partial charge in [0.25, 0.3) is 5.92 Å². The normalized spacial score (nSPS) is 21.9. The first kappa shape index (κ1) is 21.3. The minimum absolute atomic E-state index is 0.00573. The van der Waals surface area contributed by atoms with Gasteiger partial charge in [-0.2, -0.15) is 0 Å². The molecule has 6 nitrogen and oxygen atoms in total. The molecule has 1 unspecified atom stereocenters. The number of thiazole rings is 1. The molecule has 1 aliphatic heterocycles. The number of hydrogen-bond donors (Lipinski definition) is 1. The van der Waals surface area contributed by atoms with Crippen molar-refractivity contribution in [3.63, 3.8) is 0 Å². The van der Waals surface area contributed by atoms with Crippen molar-refractivity contribution in [1.82, 2.24) is 19.9 Å². The number of alkyl halides is 2. The third-order valence-electron chi connectivity index (χ3n) is 5.90. The number of carbonyl (C=O) groups is 1. The summed E-state index contributed by atoms with van der Waals surface area (Å²) in [6, 6.07) is 2.60. The molecule has 2 bridgehead atoms. The van der Waals surface area contributed by atoms with Gasteiger partial charge in [0, 0.05) is 36.7 Å². The Balaban J connectivity index is 1.66. The van der Waals surface area contributed by atoms with E-state index in [2.05, 4.69) is 15.0 Å². The summed E-state index contributed by atoms with van der Waals surface area (Å²) in [5.41, 5.74) is 0.0513. The second-order valence-corrected chi connectivity index (χ2v) is 9.30. The number of aromatic nitrogens is 3. The summed E-state index contributed by atoms with van der Waals surface area (Å²) >= 11 is 7.47. The van der Waals surface area contributed by atoms with Crippen LogP contribution in [-0.2, 0) is 6.54 Å². The zero-order valence-electron chi connectivity index (χ0n) is 16.4. The first-order valence-corrected chi connectivity index (χ1v) is 11.1. The maximum Gasteiger partial charge on any atom is 0.339 e. The van der Waals surface area contributed by atoms with Crippen molar-refractivity contribution >= 4 is 28.9 Å². The van der Waals surface area contributed by atoms with Crippen LogP contribution >= 0.6 is 22.9 Å². The maximum atomic E-state index is 14.3. The molecule has 2 fully saturated rings. The fourth-order valence-electron chi connectivity index (χ4n) is 4.63. The molecule has 0 spiro atoms. The summed E-state index contributed by atoms with van der Waals surface area (Å²) in [5, 5.41) is 12.1. The van der Waals surface area contributed by atoms with Crippen molar-refractivity contribution in [2.24, 2.45) is 5.92 Å². The third-order valence-corrected chi connectivity index (χ3v) is 6.98. The van der Waals surface area contributed by atoms with Crippen molar-refractivity contribution in [3.8, 4) is 22.1 Å². The number of rotatable bonds is 5. The van der Waals surface area contributed by atoms with Crippen molar-refractivity contribution in [3.05, 3.63) is 51.9 Å². The number of piperidine rings is 1. The molecule has 0 amide bonds. The first-order chi connectivity index (χ1) is 15.2. The third kappa shape index (κ3) is 3.66. The highest BCUT2D eigenvalue weighted by molar-refractivity contribution is 7.13. The van der Waals surface area contributed by atoms with Crippen LogP contribution < -0.4 is 0 Å². The SMILES string of the molecule is O=C(O)c1c(CN2CC3C[C@@H]2C(F)(F)C3)nc(-c2nccs2)nc1-c1ccc(F)cc1Cl. The molecule has 32 heavy (non-hydrogen) atoms. The van der Waals surface area contributed by atoms with Gasteiger partial charge in [-0.25, -0.2) is 32.9 Å². The van der Waals surface area contributed by atoms with Crippen LogP contribution in [0.3, 0.4) is 0 Å². The Bertz CT molecular complexity index is 1210. The largest absolute Gasteiger partial charge is 0.478 e. The molecule has 5 rings (SSSR count). The van der Waals surface area contributed by atoms with Crippen LogP contribution in [0.5, 0.6) is 0 Å². The number of hydrogen-bond acceptors (Lipinski definition) is 6. The van der Waals surface area contributed by atoms with E-state index in [0.717, 1.165) is 12.1 Å². The Hall–Kier alpha value is -2.56. The van der Waals surface area contributed by atoms with E-state index >= 15 is 0 Å². The van der Waals surface area contributed by atoms with E-state index in [-0.39, 0.29) is 52.2 Å². The predicted molar refractivity (Wildman–Crippen MR) is 112 cm³/mol. The standard InChI is InChI=1S/C21H16ClF3N4O2S/c22-13-6-11(23)1-2-12(13)17-16(20(30)31)14(27-18(28-17)19-26-3-4-32-19)9-29-8-10-5-15(29)21(24,25)7-10/h1-4,6,10,15H,5,7-9H2,(H,30,31)/t10?,15-/m1/s1. The number of halogens is 4. The zero-order valence-corrected chi connectivity index (χ0v) is 18.0. The van der Waals surface area contributed by atoms with Gasteiger partial charge in [0.15, 0.2) is 10.8 Å². The number of fused-ring (bicyclic) bond motifs is 2. The molecule has 1 saturated carbocycles. The second kappa shape index (κ2) is 7.79. The lowest BCUT2D eigenvalue weighted by Gasteiger charge is -2.33. The fraction of sp³-hybridized carbons (Fsp3) is 0.333. The highest BCUT2D eigenvalue weighted by Crippen LogP contribution is 2.48. The van der Waals surface area contributed by atoms with Gasteiger partial charge in [-0.15, -0.1) is 11.3 Å². The number of benzene rings is 1. The molecule has 3 aromatic rings. The smallest absolute Gasteiger partial charge is 0.339 e. The van der Waals surface area contributed by atoms with Gasteiger partial charge in [-0.1, -0.05) is 11.6 Å². The Labute approximate surface area is 189 Å². The quantitative estimate of drug-likeness (QED) is 0.554. The van der Waals surface area contributed by atoms with Crippen LogP contribution in [0.25, 0.3) is 22.1 Å². The Morgan fingerprint density at radius 3 is 2.78 bits per heavy atom. The van der Waals surface area contributed by atoms with E-state index in [1.54, 1.807) is 16.5 Å². The van der Waals surface area contributed by atoms with Gasteiger partial charge in [0.2, 0.25) is 0 Å². The first-order valence-electron chi connectivity index (χ1n) is 9.84. The minimum atomic E-state index is -2.82. The molecule has 11 heteroatoms. The average Bonchev–Trinajstić information content (AvgIpc) is 3.43. The van der Waals surface area contributed by atoms with E-state index in [0.29, 0.717) is 18.0 Å². The summed E-state index contributed by atoms with van der Waals surface area (Å²) < 4.78 is 42.3. The van der Waals surface area contributed by atoms with Gasteiger partial charge in [-0.05, 0) is 30.5 Å². The molecule has 2 atom stereocenters. The summed E-state index contributed by atoms with van der Waals surface area (Å²) in [6.07, 6.45) is 1.78. The van der Waals surface area contributed by atoms with Gasteiger partial charge in [0.1, 0.15) is 11.4 Å². The Morgan fingerprint density at radius 2 is 2.16 bits per heavy atom. The molecule has 1 aromatic carbocycles. The van der Waals surface area contributed by atoms with Crippen LogP contribution in [0.15, 0.2) is 29.8 Å². The molecule has 2 aromatic heterocycles. The minimum Gasteiger partial charge on any atom is -0.478 e. The Morgan fingerprint density at radius 1 is 1.34 bits per heavy atom. The number of carboxylic acid groups (broad SMARTS) is 1. The van der Waals surface area contributed by atoms with Gasteiger partial charge in [-0.3, -0.25) is 4.90 Å². The molecule has 1 N–H and O–H groups in total. The Kier molecular flexibility index (Phi) is 5.18. The number of aromatic carboxylic acids is 1. The molecule has 0 radical (unpaired) electrons. The number of nitrogens with zero attached hydrogens (tertiary/aromatic N) is 4. The van der Waals surface area contributed by atoms with Crippen LogP contribution in [0.4, 0.5) is 13.2 Å². The molecular formula is C21H16ClF3N4O2S. The summed E-state index contributed by atoms with van der Waals surface area (Å²) in [5.74, 6) is -4.70. The summed E-state index contributed by atoms with van der Waals surface area (Å²) in [7, 11) is 0. The van der Waals surface area contributed by atoms with Crippen LogP contribution in [0, 0.1) is 11.7 Å². The van der Waals surface area contributed by atoms with E-state index in [1.165, 1.54) is 17.4 Å². The fourth-order valence-corrected chi connectivity index (χ4v) is 5.45. The molecule has 1 aliphatic carbocycles. The molecular weight excluding hydrogens is 465 g/mol. The van der Waals surface area contributed by atoms with Crippen LogP contribution in [0.2, 0.25) is 5.02 Å². The van der Waals surface area contributed by atoms with Crippen molar-refractivity contribution in [1.29, 1.82) is 0 Å². The lowest BCUT2D eigenvalue weighted by molar-refractivity contribution is -0.0795. The molecule has 1 saturated heterocycles. The van der Waals surface area contributed by atoms with Crippen molar-refractivity contribution in [2.75, 3.05) is 6.54 Å². The highest BCUT2D eigenvalue weighted by Gasteiger charge is 2.56. The zero-order chi connectivity index (χ0) is 22.6. The second-order valence-electron chi connectivity index (χ2n) is 8.00. The van der Waals surface area contributed by atoms with Crippen molar-refractivity contribution in [2.45, 2.75) is 31.4 Å². The van der Waals surface area contributed by atoms with E-state index in [4.69, 9.17) is 11.6 Å². The van der Waals surface area contributed by atoms with Crippen LogP contribution in [-0.4, -0.2) is 49.4 Å². The summed E-state index contributed by atoms with van der Waals surface area (Å²) in [4.78, 5) is 26.9. The topological polar surface area (TPSA) is 79.2 Å². The molecule has 166 valence electrons. The van der Waals surface area contributed by atoms with E-state index in [1.807, 2.05) is 0 Å². The monoisotopic (exact) mass is 480 g/mol. The van der Waals surface area contributed by atoms with Crippen LogP contribution in [0.1, 0.15) is 28.9 Å². The lowest BCUT2D eigenvalue weighted by atomic mass is 10.0. The lowest BCUT2D eigenvalue weighted by Crippen LogP contribution is -2.45. The number of carboxylic acids is 1. The number of likely N-dealkylation sites (tertiary alicyclic amines) is 1. The van der Waals surface area contributed by atoms with Gasteiger partial charge in [0.05, 0.1) is 22.5 Å². The van der Waals surface area contributed by atoms with E-state index < -0.39 is 23.8 Å². The molecule has 2 aliphatic rings. The van der Waals surface area contributed by atoms with E-state index in [9.17, 15) is 23.1 Å². The van der Waals surface area contributed by atoms with Gasteiger partial charge >= 0.3 is 5.97 Å². The van der Waals surface area contributed by atoms with Crippen molar-refractivity contribution < 1.29 is 23.1 Å². The van der Waals surface area contributed by atoms with Gasteiger partial charge < -0.3 is 5.11 Å².